The molecule has 3 heterocycles. The number of amides is 1. The molecule has 0 saturated carbocycles. The number of nitrogens with zero attached hydrogens (tertiary/aromatic N) is 4. The predicted molar refractivity (Wildman–Crippen MR) is 89.8 cm³/mol. The van der Waals surface area contributed by atoms with Crippen LogP contribution >= 0.6 is 0 Å². The van der Waals surface area contributed by atoms with Crippen molar-refractivity contribution in [2.45, 2.75) is 25.7 Å². The maximum absolute atomic E-state index is 12.8. The number of rotatable bonds is 3. The van der Waals surface area contributed by atoms with Gasteiger partial charge in [-0.25, -0.2) is 4.98 Å². The summed E-state index contributed by atoms with van der Waals surface area (Å²) in [4.78, 5) is 20.9. The second-order valence-electron chi connectivity index (χ2n) is 6.36. The zero-order chi connectivity index (χ0) is 16.4. The van der Waals surface area contributed by atoms with Crippen LogP contribution in [0.5, 0.6) is 0 Å². The summed E-state index contributed by atoms with van der Waals surface area (Å²) in [5.74, 6) is 1.19. The number of nitrogens with one attached hydrogen (secondary N) is 1. The number of carbonyl (C=O) groups is 1. The first-order valence-corrected chi connectivity index (χ1v) is 7.99. The van der Waals surface area contributed by atoms with E-state index in [1.807, 2.05) is 36.9 Å². The number of likely N-dealkylation sites (tertiary alicyclic amines) is 1. The van der Waals surface area contributed by atoms with E-state index in [1.165, 1.54) is 0 Å². The molecule has 1 amide bonds. The molecule has 0 aliphatic carbocycles. The van der Waals surface area contributed by atoms with Gasteiger partial charge < -0.3 is 9.80 Å². The van der Waals surface area contributed by atoms with Crippen molar-refractivity contribution in [2.24, 2.45) is 0 Å². The van der Waals surface area contributed by atoms with E-state index in [1.54, 1.807) is 12.3 Å². The first kappa shape index (κ1) is 15.5. The number of carbonyl (C=O) groups excluding carboxylic acids is 1. The largest absolute Gasteiger partial charge is 0.363 e. The molecule has 0 radical (unpaired) electrons. The van der Waals surface area contributed by atoms with E-state index in [0.717, 1.165) is 43.1 Å². The van der Waals surface area contributed by atoms with E-state index >= 15 is 0 Å². The number of pyridine rings is 1. The van der Waals surface area contributed by atoms with Gasteiger partial charge in [-0.1, -0.05) is 0 Å². The lowest BCUT2D eigenvalue weighted by atomic mass is 9.94. The number of aromatic amines is 1. The maximum atomic E-state index is 12.8. The van der Waals surface area contributed by atoms with Gasteiger partial charge in [0.15, 0.2) is 0 Å². The summed E-state index contributed by atoms with van der Waals surface area (Å²) in [7, 11) is 3.85. The molecule has 23 heavy (non-hydrogen) atoms. The lowest BCUT2D eigenvalue weighted by Gasteiger charge is -2.32. The van der Waals surface area contributed by atoms with Crippen molar-refractivity contribution in [3.63, 3.8) is 0 Å². The molecule has 1 saturated heterocycles. The topological polar surface area (TPSA) is 65.1 Å². The quantitative estimate of drug-likeness (QED) is 0.943. The van der Waals surface area contributed by atoms with Gasteiger partial charge >= 0.3 is 0 Å². The smallest absolute Gasteiger partial charge is 0.254 e. The third-order valence-electron chi connectivity index (χ3n) is 4.30. The molecular formula is C17H23N5O. The Hall–Kier alpha value is -2.37. The molecule has 2 aromatic heterocycles. The van der Waals surface area contributed by atoms with Gasteiger partial charge in [0.2, 0.25) is 0 Å². The minimum atomic E-state index is 0.0763. The van der Waals surface area contributed by atoms with Crippen LogP contribution < -0.4 is 4.90 Å². The average Bonchev–Trinajstić information content (AvgIpc) is 3.01. The first-order valence-electron chi connectivity index (χ1n) is 7.99. The highest BCUT2D eigenvalue weighted by molar-refractivity contribution is 5.95. The Bertz CT molecular complexity index is 694. The Morgan fingerprint density at radius 2 is 2.22 bits per heavy atom. The van der Waals surface area contributed by atoms with Gasteiger partial charge in [0.05, 0.1) is 5.69 Å². The van der Waals surface area contributed by atoms with E-state index in [2.05, 4.69) is 21.2 Å². The van der Waals surface area contributed by atoms with E-state index in [9.17, 15) is 4.79 Å². The summed E-state index contributed by atoms with van der Waals surface area (Å²) < 4.78 is 0. The van der Waals surface area contributed by atoms with Gasteiger partial charge in [-0.2, -0.15) is 5.10 Å². The van der Waals surface area contributed by atoms with Crippen LogP contribution in [0.1, 0.15) is 40.5 Å². The van der Waals surface area contributed by atoms with Gasteiger partial charge in [-0.05, 0) is 38.0 Å². The first-order chi connectivity index (χ1) is 11.0. The summed E-state index contributed by atoms with van der Waals surface area (Å²) in [5.41, 5.74) is 2.82. The number of hydrogen-bond acceptors (Lipinski definition) is 4. The van der Waals surface area contributed by atoms with Crippen molar-refractivity contribution in [3.8, 4) is 0 Å². The number of aryl methyl sites for hydroxylation is 1. The van der Waals surface area contributed by atoms with E-state index in [0.29, 0.717) is 11.5 Å². The van der Waals surface area contributed by atoms with Crippen molar-refractivity contribution in [1.82, 2.24) is 20.1 Å². The van der Waals surface area contributed by atoms with Crippen LogP contribution in [0.3, 0.4) is 0 Å². The van der Waals surface area contributed by atoms with Crippen molar-refractivity contribution >= 4 is 11.7 Å². The fraction of sp³-hybridized carbons (Fsp3) is 0.471. The second kappa shape index (κ2) is 6.40. The number of hydrogen-bond donors (Lipinski definition) is 1. The zero-order valence-corrected chi connectivity index (χ0v) is 13.9. The Morgan fingerprint density at radius 3 is 2.91 bits per heavy atom. The number of H-pyrrole nitrogens is 1. The van der Waals surface area contributed by atoms with Gasteiger partial charge in [-0.3, -0.25) is 9.89 Å². The molecule has 122 valence electrons. The predicted octanol–water partition coefficient (Wildman–Crippen LogP) is 2.20. The second-order valence-corrected chi connectivity index (χ2v) is 6.36. The monoisotopic (exact) mass is 313 g/mol. The van der Waals surface area contributed by atoms with Crippen molar-refractivity contribution in [1.29, 1.82) is 0 Å². The van der Waals surface area contributed by atoms with Crippen molar-refractivity contribution in [2.75, 3.05) is 32.1 Å². The molecule has 1 aliphatic heterocycles. The Morgan fingerprint density at radius 1 is 1.39 bits per heavy atom. The summed E-state index contributed by atoms with van der Waals surface area (Å²) >= 11 is 0. The zero-order valence-electron chi connectivity index (χ0n) is 13.9. The third-order valence-corrected chi connectivity index (χ3v) is 4.30. The molecule has 0 aromatic carbocycles. The highest BCUT2D eigenvalue weighted by Crippen LogP contribution is 2.27. The Labute approximate surface area is 136 Å². The summed E-state index contributed by atoms with van der Waals surface area (Å²) in [6.45, 7) is 3.53. The maximum Gasteiger partial charge on any atom is 0.254 e. The summed E-state index contributed by atoms with van der Waals surface area (Å²) in [6, 6.07) is 5.72. The molecule has 3 rings (SSSR count). The average molecular weight is 313 g/mol. The van der Waals surface area contributed by atoms with Gasteiger partial charge in [0.25, 0.3) is 5.91 Å². The minimum Gasteiger partial charge on any atom is -0.363 e. The van der Waals surface area contributed by atoms with Crippen LogP contribution in [0.2, 0.25) is 0 Å². The van der Waals surface area contributed by atoms with Crippen LogP contribution in [-0.2, 0) is 0 Å². The van der Waals surface area contributed by atoms with Crippen LogP contribution in [0.4, 0.5) is 5.82 Å². The fourth-order valence-electron chi connectivity index (χ4n) is 3.03. The molecule has 1 fully saturated rings. The fourth-order valence-corrected chi connectivity index (χ4v) is 3.03. The SMILES string of the molecule is Cc1cc(C2CCCN(C(=O)c3ccnc(N(C)C)c3)C2)n[nH]1. The van der Waals surface area contributed by atoms with Crippen molar-refractivity contribution < 1.29 is 4.79 Å². The highest BCUT2D eigenvalue weighted by Gasteiger charge is 2.27. The van der Waals surface area contributed by atoms with Crippen LogP contribution in [-0.4, -0.2) is 53.2 Å². The minimum absolute atomic E-state index is 0.0763. The summed E-state index contributed by atoms with van der Waals surface area (Å²) in [6.07, 6.45) is 3.78. The van der Waals surface area contributed by atoms with Crippen LogP contribution in [0, 0.1) is 6.92 Å². The van der Waals surface area contributed by atoms with Crippen LogP contribution in [0.25, 0.3) is 0 Å². The van der Waals surface area contributed by atoms with Gasteiger partial charge in [0, 0.05) is 50.6 Å². The molecule has 1 unspecified atom stereocenters. The highest BCUT2D eigenvalue weighted by atomic mass is 16.2. The molecule has 6 nitrogen and oxygen atoms in total. The lowest BCUT2D eigenvalue weighted by Crippen LogP contribution is -2.39. The summed E-state index contributed by atoms with van der Waals surface area (Å²) in [5, 5.41) is 7.36. The molecule has 0 bridgehead atoms. The Kier molecular flexibility index (Phi) is 4.32. The molecule has 1 aliphatic rings. The Balaban J connectivity index is 1.75. The molecule has 0 spiro atoms. The number of anilines is 1. The normalized spacial score (nSPS) is 18.0. The molecule has 1 N–H and O–H groups in total. The molecular weight excluding hydrogens is 290 g/mol. The molecule has 1 atom stereocenters. The van der Waals surface area contributed by atoms with Crippen molar-refractivity contribution in [3.05, 3.63) is 41.3 Å². The van der Waals surface area contributed by atoms with E-state index in [-0.39, 0.29) is 5.91 Å². The van der Waals surface area contributed by atoms with Gasteiger partial charge in [0.1, 0.15) is 5.82 Å². The third kappa shape index (κ3) is 3.36. The molecule has 6 heteroatoms. The van der Waals surface area contributed by atoms with E-state index in [4.69, 9.17) is 0 Å². The number of piperidine rings is 1. The number of aromatic nitrogens is 3. The lowest BCUT2D eigenvalue weighted by molar-refractivity contribution is 0.0706. The van der Waals surface area contributed by atoms with Gasteiger partial charge in [-0.15, -0.1) is 0 Å². The van der Waals surface area contributed by atoms with Crippen LogP contribution in [0.15, 0.2) is 24.4 Å². The van der Waals surface area contributed by atoms with E-state index < -0.39 is 0 Å². The molecule has 2 aromatic rings. The standard InChI is InChI=1S/C17H23N5O/c1-12-9-15(20-19-12)14-5-4-8-22(11-14)17(23)13-6-7-18-16(10-13)21(2)3/h6-7,9-10,14H,4-5,8,11H2,1-3H3,(H,19,20).